The van der Waals surface area contributed by atoms with Gasteiger partial charge in [0.25, 0.3) is 0 Å². The van der Waals surface area contributed by atoms with Gasteiger partial charge in [-0.3, -0.25) is 9.59 Å². The van der Waals surface area contributed by atoms with Gasteiger partial charge in [-0.15, -0.1) is 0 Å². The summed E-state index contributed by atoms with van der Waals surface area (Å²) in [5.41, 5.74) is 5.08. The molecule has 29 fully saturated rings. The van der Waals surface area contributed by atoms with Gasteiger partial charge in [-0.05, 0) is 448 Å². The fourth-order valence-corrected chi connectivity index (χ4v) is 38.2. The zero-order chi connectivity index (χ0) is 102. The number of carbonyl (C=O) groups is 2. The summed E-state index contributed by atoms with van der Waals surface area (Å²) in [6, 6.07) is 0. The molecule has 0 spiro atoms. The molecule has 0 aromatic rings. The molecule has 22 aliphatic carbocycles. The van der Waals surface area contributed by atoms with Gasteiger partial charge in [0.15, 0.2) is 0 Å². The van der Waals surface area contributed by atoms with E-state index in [0.717, 1.165) is 282 Å². The Hall–Kier alpha value is -1.84. The monoisotopic (exact) mass is 2050 g/mol. The number of esters is 2. The second-order valence-electron chi connectivity index (χ2n) is 60.9. The van der Waals surface area contributed by atoms with Crippen LogP contribution in [0.4, 0.5) is 0 Å². The molecule has 8 heterocycles. The summed E-state index contributed by atoms with van der Waals surface area (Å²) in [6.45, 7) is 52.2. The first-order valence-electron chi connectivity index (χ1n) is 63.4. The minimum atomic E-state index is 0.0292. The topological polar surface area (TPSA) is 179 Å². The SMILES string of the molecule is CC1(C)C2CCC1(C)C(CCOC(=O)C1CCC3OC3C1)C2.CC1(C)COC1C1CCC2CCCC2C1.CC1(C)COC1COCCC1CCC2C=CCC2C1.CC12CCC(C(=O)OCCC3CC4CCC3C4)CC1O2.CCC1(COC23CC4CC(CC(C4)C2)C3)COC1.CCC1(COC2CC3CCC2(C)C3(C)C)COC1.CCC1(COC2CC3CCC2C3)COC1.CCC1(COCCC23CC4CC(CC(C4)C2)C3)COC1. The molecule has 8 aliphatic heterocycles. The zero-order valence-corrected chi connectivity index (χ0v) is 96.1. The Morgan fingerprint density at radius 2 is 0.959 bits per heavy atom. The summed E-state index contributed by atoms with van der Waals surface area (Å²) in [5, 5.41) is 0. The minimum Gasteiger partial charge on any atom is -0.465 e. The van der Waals surface area contributed by atoms with E-state index in [1.165, 1.54) is 250 Å². The Bertz CT molecular complexity index is 4210. The number of ether oxygens (including phenoxy) is 15. The van der Waals surface area contributed by atoms with Crippen LogP contribution in [-0.2, 0) is 80.6 Å². The van der Waals surface area contributed by atoms with Gasteiger partial charge in [0.05, 0.1) is 178 Å². The fourth-order valence-electron chi connectivity index (χ4n) is 38.2. The summed E-state index contributed by atoms with van der Waals surface area (Å²) in [5.74, 6) is 19.4. The molecule has 17 nitrogen and oxygen atoms in total. The molecule has 16 bridgehead atoms. The van der Waals surface area contributed by atoms with Crippen LogP contribution in [0.5, 0.6) is 0 Å². The molecular formula is C130H214O17. The molecule has 30 rings (SSSR count). The van der Waals surface area contributed by atoms with Gasteiger partial charge in [-0.1, -0.05) is 135 Å². The molecule has 0 amide bonds. The van der Waals surface area contributed by atoms with E-state index in [2.05, 4.69) is 116 Å². The lowest BCUT2D eigenvalue weighted by Crippen LogP contribution is -2.55. The lowest BCUT2D eigenvalue weighted by Gasteiger charge is -2.57. The normalized spacial score (nSPS) is 45.6. The molecule has 0 radical (unpaired) electrons. The molecule has 21 saturated carbocycles. The van der Waals surface area contributed by atoms with Crippen LogP contribution in [-0.4, -0.2) is 191 Å². The Morgan fingerprint density at radius 3 is 1.48 bits per heavy atom. The predicted molar refractivity (Wildman–Crippen MR) is 579 cm³/mol. The lowest BCUT2D eigenvalue weighted by atomic mass is 9.49. The first-order chi connectivity index (χ1) is 70.5. The molecular weight excluding hydrogens is 1830 g/mol. The summed E-state index contributed by atoms with van der Waals surface area (Å²) in [7, 11) is 0. The second-order valence-corrected chi connectivity index (χ2v) is 60.9. The average molecular weight is 2050 g/mol. The van der Waals surface area contributed by atoms with Crippen LogP contribution in [0.3, 0.4) is 0 Å². The third-order valence-corrected chi connectivity index (χ3v) is 50.0. The van der Waals surface area contributed by atoms with Crippen molar-refractivity contribution in [3.05, 3.63) is 12.2 Å². The summed E-state index contributed by atoms with van der Waals surface area (Å²) in [4.78, 5) is 24.3. The molecule has 30 aliphatic rings. The van der Waals surface area contributed by atoms with Gasteiger partial charge < -0.3 is 71.1 Å². The Labute approximate surface area is 893 Å². The van der Waals surface area contributed by atoms with Crippen LogP contribution in [0.1, 0.15) is 425 Å². The Kier molecular flexibility index (Phi) is 34.1. The minimum absolute atomic E-state index is 0.0292. The van der Waals surface area contributed by atoms with Crippen LogP contribution in [0.2, 0.25) is 0 Å². The highest BCUT2D eigenvalue weighted by atomic mass is 16.6. The van der Waals surface area contributed by atoms with Crippen molar-refractivity contribution in [1.82, 2.24) is 0 Å². The molecule has 147 heavy (non-hydrogen) atoms. The largest absolute Gasteiger partial charge is 0.465 e. The Morgan fingerprint density at radius 1 is 0.395 bits per heavy atom. The van der Waals surface area contributed by atoms with Crippen LogP contribution in [0, 0.1) is 190 Å². The number of rotatable bonds is 32. The summed E-state index contributed by atoms with van der Waals surface area (Å²) in [6.07, 6.45) is 75.0. The third-order valence-electron chi connectivity index (χ3n) is 50.0. The zero-order valence-electron chi connectivity index (χ0n) is 96.1. The highest BCUT2D eigenvalue weighted by Crippen LogP contribution is 2.71. The van der Waals surface area contributed by atoms with Crippen molar-refractivity contribution >= 4 is 11.9 Å². The lowest BCUT2D eigenvalue weighted by molar-refractivity contribution is -0.217. The van der Waals surface area contributed by atoms with E-state index in [1.807, 2.05) is 0 Å². The molecule has 26 unspecified atom stereocenters. The molecule has 0 aromatic carbocycles. The fraction of sp³-hybridized carbons (Fsp3) is 0.969. The average Bonchev–Trinajstić information content (AvgIpc) is 1.47. The van der Waals surface area contributed by atoms with E-state index in [-0.39, 0.29) is 35.0 Å². The molecule has 17 heteroatoms. The van der Waals surface area contributed by atoms with Gasteiger partial charge in [0.2, 0.25) is 0 Å². The number of carbonyl (C=O) groups excluding carboxylic acids is 2. The third kappa shape index (κ3) is 24.2. The van der Waals surface area contributed by atoms with Crippen molar-refractivity contribution in [2.24, 2.45) is 190 Å². The number of fused-ring (bicyclic) bond motifs is 12. The second kappa shape index (κ2) is 45.4. The van der Waals surface area contributed by atoms with Crippen molar-refractivity contribution < 1.29 is 80.6 Å². The number of allylic oxidation sites excluding steroid dienone is 2. The van der Waals surface area contributed by atoms with E-state index in [0.29, 0.717) is 116 Å². The van der Waals surface area contributed by atoms with E-state index < -0.39 is 0 Å². The first kappa shape index (κ1) is 111. The summed E-state index contributed by atoms with van der Waals surface area (Å²) < 4.78 is 86.3. The van der Waals surface area contributed by atoms with Crippen LogP contribution in [0.25, 0.3) is 0 Å². The van der Waals surface area contributed by atoms with Crippen molar-refractivity contribution in [3.63, 3.8) is 0 Å². The van der Waals surface area contributed by atoms with Crippen LogP contribution >= 0.6 is 0 Å². The van der Waals surface area contributed by atoms with E-state index in [1.54, 1.807) is 19.3 Å². The highest BCUT2D eigenvalue weighted by Gasteiger charge is 2.65. The van der Waals surface area contributed by atoms with Crippen LogP contribution in [0.15, 0.2) is 12.2 Å². The maximum absolute atomic E-state index is 12.2. The molecule has 0 aromatic heterocycles. The molecule has 836 valence electrons. The standard InChI is InChI=1S/C19H30O3.C18H30O2.C17H26O3.C17H28O2.C16H26O2.C16H28O2.C14H24O.C13H22O2/c1-18(2)13-6-8-19(18,3)14(11-13)7-9-21-17(20)12-4-5-15-16(10-12)22-15;1-2-17(12-20-13-17)11-19-4-3-18-8-14-5-15(9-18)7-16(6-14)10-18;1-17-6-4-14(10-15(17)20-17)16(18)19-7-5-13-9-11-2-3-12(13)8-11;1-17(2)12-19-16(17)11-18-9-8-13-6-7-14-4-3-5-15(14)10-13;1-2-15(9-17-10-15)11-18-16-6-12-3-13(7-16)5-14(4-12)8-16;1-5-16(9-17-10-16)11-18-13-8-12-6-7-15(13,4)14(12,2)3;1-14(2)9-15-13(14)12-7-6-10-4-3-5-11(10)8-12;1-2-13(7-14-8-13)9-15-12-6-10-3-4-11(12)5-10/h12-16H,4-11H2,1-3H3;14-16H,2-13H2,1H3;11-15H,2-10H2,1H3;3-4,13-16H,5-12H2,1-2H3;12-14H,2-11H2,1H3;12-13H,5-11H2,1-4H3;10-13H,3-9H2,1-2H3;10-12H,2-9H2,1H3. The number of epoxide rings is 2. The number of hydrogen-bond donors (Lipinski definition) is 0. The van der Waals surface area contributed by atoms with Gasteiger partial charge in [-0.2, -0.15) is 0 Å². The highest BCUT2D eigenvalue weighted by molar-refractivity contribution is 5.73. The van der Waals surface area contributed by atoms with E-state index in [9.17, 15) is 9.59 Å². The van der Waals surface area contributed by atoms with Crippen molar-refractivity contribution in [2.75, 3.05) is 126 Å². The molecule has 26 atom stereocenters. The van der Waals surface area contributed by atoms with E-state index in [4.69, 9.17) is 71.1 Å². The van der Waals surface area contributed by atoms with Crippen LogP contribution < -0.4 is 0 Å². The van der Waals surface area contributed by atoms with Gasteiger partial charge >= 0.3 is 11.9 Å². The Balaban J connectivity index is 0.0000000988. The molecule has 8 saturated heterocycles. The predicted octanol–water partition coefficient (Wildman–Crippen LogP) is 28.4. The van der Waals surface area contributed by atoms with Crippen molar-refractivity contribution in [2.45, 2.75) is 479 Å². The van der Waals surface area contributed by atoms with Gasteiger partial charge in [0.1, 0.15) is 0 Å². The molecule has 0 N–H and O–H groups in total. The maximum atomic E-state index is 12.2. The van der Waals surface area contributed by atoms with Gasteiger partial charge in [0, 0.05) is 45.7 Å². The van der Waals surface area contributed by atoms with E-state index >= 15 is 0 Å². The summed E-state index contributed by atoms with van der Waals surface area (Å²) >= 11 is 0. The van der Waals surface area contributed by atoms with Crippen molar-refractivity contribution in [1.29, 1.82) is 0 Å². The maximum Gasteiger partial charge on any atom is 0.309 e. The number of hydrogen-bond acceptors (Lipinski definition) is 17. The smallest absolute Gasteiger partial charge is 0.309 e. The first-order valence-corrected chi connectivity index (χ1v) is 63.4. The van der Waals surface area contributed by atoms with Crippen molar-refractivity contribution in [3.8, 4) is 0 Å². The quantitative estimate of drug-likeness (QED) is 0.0268. The van der Waals surface area contributed by atoms with Gasteiger partial charge in [-0.25, -0.2) is 0 Å².